The second kappa shape index (κ2) is 10.3. The zero-order chi connectivity index (χ0) is 16.3. The highest BCUT2D eigenvalue weighted by Crippen LogP contribution is 2.30. The fourth-order valence-electron chi connectivity index (χ4n) is 3.18. The molecule has 0 spiro atoms. The minimum atomic E-state index is -0.0630. The molecule has 1 atom stereocenters. The van der Waals surface area contributed by atoms with Gasteiger partial charge in [0.25, 0.3) is 0 Å². The van der Waals surface area contributed by atoms with Crippen molar-refractivity contribution in [1.82, 2.24) is 0 Å². The lowest BCUT2D eigenvalue weighted by Gasteiger charge is -2.24. The zero-order valence-corrected chi connectivity index (χ0v) is 14.4. The van der Waals surface area contributed by atoms with Crippen molar-refractivity contribution < 1.29 is 9.53 Å². The minimum absolute atomic E-state index is 0.0630. The van der Waals surface area contributed by atoms with Crippen LogP contribution >= 0.6 is 0 Å². The van der Waals surface area contributed by atoms with Crippen molar-refractivity contribution >= 4 is 12.4 Å². The third-order valence-corrected chi connectivity index (χ3v) is 4.59. The van der Waals surface area contributed by atoms with Gasteiger partial charge in [-0.25, -0.2) is 0 Å². The maximum atomic E-state index is 11.3. The number of para-hydroxylation sites is 1. The van der Waals surface area contributed by atoms with Gasteiger partial charge in [0.2, 0.25) is 0 Å². The quantitative estimate of drug-likeness (QED) is 0.372. The van der Waals surface area contributed by atoms with Gasteiger partial charge in [-0.05, 0) is 25.0 Å². The van der Waals surface area contributed by atoms with E-state index in [0.717, 1.165) is 36.0 Å². The molecule has 1 aromatic rings. The number of fused-ring (bicyclic) bond motifs is 1. The highest BCUT2D eigenvalue weighted by atomic mass is 16.5. The van der Waals surface area contributed by atoms with Gasteiger partial charge in [0.15, 0.2) is 0 Å². The third kappa shape index (κ3) is 5.85. The molecule has 126 valence electrons. The van der Waals surface area contributed by atoms with Gasteiger partial charge in [0.1, 0.15) is 18.1 Å². The van der Waals surface area contributed by atoms with Crippen LogP contribution in [-0.4, -0.2) is 12.4 Å². The van der Waals surface area contributed by atoms with Gasteiger partial charge in [0, 0.05) is 11.1 Å². The Hall–Kier alpha value is -1.57. The molecule has 0 saturated heterocycles. The molecule has 0 aromatic heterocycles. The van der Waals surface area contributed by atoms with Crippen molar-refractivity contribution in [2.45, 2.75) is 77.2 Å². The number of carbonyl (C=O) groups is 1. The van der Waals surface area contributed by atoms with Crippen LogP contribution in [0.4, 0.5) is 0 Å². The van der Waals surface area contributed by atoms with Crippen molar-refractivity contribution in [3.05, 3.63) is 35.4 Å². The first-order chi connectivity index (χ1) is 11.3. The molecule has 2 heteroatoms. The predicted molar refractivity (Wildman–Crippen MR) is 96.7 cm³/mol. The van der Waals surface area contributed by atoms with Crippen LogP contribution in [0, 0.1) is 0 Å². The Labute approximate surface area is 140 Å². The second-order valence-electron chi connectivity index (χ2n) is 6.52. The Bertz CT molecular complexity index is 504. The topological polar surface area (TPSA) is 26.3 Å². The number of rotatable bonds is 11. The average Bonchev–Trinajstić information content (AvgIpc) is 2.59. The average molecular weight is 314 g/mol. The van der Waals surface area contributed by atoms with Crippen molar-refractivity contribution in [2.75, 3.05) is 0 Å². The number of hydrogen-bond donors (Lipinski definition) is 0. The van der Waals surface area contributed by atoms with Crippen LogP contribution in [0.3, 0.4) is 0 Å². The largest absolute Gasteiger partial charge is 0.485 e. The smallest absolute Gasteiger partial charge is 0.149 e. The summed E-state index contributed by atoms with van der Waals surface area (Å²) in [6, 6.07) is 7.93. The van der Waals surface area contributed by atoms with Crippen molar-refractivity contribution in [3.8, 4) is 5.75 Å². The van der Waals surface area contributed by atoms with Gasteiger partial charge in [-0.15, -0.1) is 0 Å². The van der Waals surface area contributed by atoms with Gasteiger partial charge in [-0.1, -0.05) is 76.5 Å². The van der Waals surface area contributed by atoms with E-state index in [-0.39, 0.29) is 6.10 Å². The van der Waals surface area contributed by atoms with E-state index in [1.165, 1.54) is 51.4 Å². The zero-order valence-electron chi connectivity index (χ0n) is 14.4. The Kier molecular flexibility index (Phi) is 7.92. The van der Waals surface area contributed by atoms with E-state index < -0.39 is 0 Å². The summed E-state index contributed by atoms with van der Waals surface area (Å²) in [7, 11) is 0. The summed E-state index contributed by atoms with van der Waals surface area (Å²) in [5.74, 6) is 0.902. The molecule has 2 nitrogen and oxygen atoms in total. The summed E-state index contributed by atoms with van der Waals surface area (Å²) in [4.78, 5) is 11.3. The van der Waals surface area contributed by atoms with E-state index in [1.807, 2.05) is 30.3 Å². The number of aldehydes is 1. The van der Waals surface area contributed by atoms with Gasteiger partial charge >= 0.3 is 0 Å². The molecule has 0 radical (unpaired) electrons. The van der Waals surface area contributed by atoms with Crippen LogP contribution in [0.5, 0.6) is 5.75 Å². The first-order valence-corrected chi connectivity index (χ1v) is 9.27. The fourth-order valence-corrected chi connectivity index (χ4v) is 3.18. The summed E-state index contributed by atoms with van der Waals surface area (Å²) in [5, 5.41) is 0. The number of hydrogen-bond acceptors (Lipinski definition) is 2. The standard InChI is InChI=1S/C21H30O2/c1-2-3-4-5-6-7-8-9-10-14-21-19(17-22)16-18-13-11-12-15-20(18)23-21/h11-13,15-17,21H,2-10,14H2,1H3. The van der Waals surface area contributed by atoms with Crippen molar-refractivity contribution in [2.24, 2.45) is 0 Å². The summed E-state index contributed by atoms with van der Waals surface area (Å²) in [6.45, 7) is 2.26. The highest BCUT2D eigenvalue weighted by Gasteiger charge is 2.21. The summed E-state index contributed by atoms with van der Waals surface area (Å²) in [6.07, 6.45) is 15.6. The van der Waals surface area contributed by atoms with Gasteiger partial charge in [-0.2, -0.15) is 0 Å². The lowest BCUT2D eigenvalue weighted by atomic mass is 9.98. The van der Waals surface area contributed by atoms with E-state index in [4.69, 9.17) is 4.74 Å². The molecule has 1 unspecified atom stereocenters. The maximum absolute atomic E-state index is 11.3. The molecule has 1 aromatic carbocycles. The number of benzene rings is 1. The van der Waals surface area contributed by atoms with E-state index in [2.05, 4.69) is 6.92 Å². The van der Waals surface area contributed by atoms with Crippen LogP contribution in [0.1, 0.15) is 76.7 Å². The molecular formula is C21H30O2. The fraction of sp³-hybridized carbons (Fsp3) is 0.571. The molecule has 1 aliphatic heterocycles. The van der Waals surface area contributed by atoms with Crippen LogP contribution in [0.15, 0.2) is 29.8 Å². The first kappa shape index (κ1) is 17.8. The van der Waals surface area contributed by atoms with Crippen LogP contribution in [0.2, 0.25) is 0 Å². The van der Waals surface area contributed by atoms with Crippen LogP contribution in [0.25, 0.3) is 6.08 Å². The van der Waals surface area contributed by atoms with Crippen LogP contribution in [-0.2, 0) is 4.79 Å². The monoisotopic (exact) mass is 314 g/mol. The molecule has 2 rings (SSSR count). The molecule has 23 heavy (non-hydrogen) atoms. The third-order valence-electron chi connectivity index (χ3n) is 4.59. The molecule has 0 N–H and O–H groups in total. The number of unbranched alkanes of at least 4 members (excludes halogenated alkanes) is 8. The Morgan fingerprint density at radius 3 is 2.30 bits per heavy atom. The molecule has 0 saturated carbocycles. The van der Waals surface area contributed by atoms with Gasteiger partial charge in [-0.3, -0.25) is 4.79 Å². The molecular weight excluding hydrogens is 284 g/mol. The highest BCUT2D eigenvalue weighted by molar-refractivity contribution is 5.85. The van der Waals surface area contributed by atoms with E-state index in [1.54, 1.807) is 0 Å². The lowest BCUT2D eigenvalue weighted by Crippen LogP contribution is -2.23. The second-order valence-corrected chi connectivity index (χ2v) is 6.52. The summed E-state index contributed by atoms with van der Waals surface area (Å²) in [5.41, 5.74) is 1.79. The maximum Gasteiger partial charge on any atom is 0.149 e. The molecule has 1 aliphatic rings. The molecule has 0 amide bonds. The van der Waals surface area contributed by atoms with Gasteiger partial charge in [0.05, 0.1) is 0 Å². The van der Waals surface area contributed by atoms with E-state index >= 15 is 0 Å². The van der Waals surface area contributed by atoms with E-state index in [0.29, 0.717) is 0 Å². The Balaban J connectivity index is 1.65. The Morgan fingerprint density at radius 1 is 0.957 bits per heavy atom. The number of ether oxygens (including phenoxy) is 1. The SMILES string of the molecule is CCCCCCCCCCCC1Oc2ccccc2C=C1C=O. The molecule has 1 heterocycles. The first-order valence-electron chi connectivity index (χ1n) is 9.27. The van der Waals surface area contributed by atoms with Gasteiger partial charge < -0.3 is 4.74 Å². The van der Waals surface area contributed by atoms with E-state index in [9.17, 15) is 4.79 Å². The van der Waals surface area contributed by atoms with Crippen LogP contribution < -0.4 is 4.74 Å². The molecule has 0 fully saturated rings. The van der Waals surface area contributed by atoms with Crippen molar-refractivity contribution in [3.63, 3.8) is 0 Å². The Morgan fingerprint density at radius 2 is 1.61 bits per heavy atom. The molecule has 0 aliphatic carbocycles. The number of carbonyl (C=O) groups excluding carboxylic acids is 1. The molecule has 0 bridgehead atoms. The lowest BCUT2D eigenvalue weighted by molar-refractivity contribution is -0.105. The normalized spacial score (nSPS) is 16.4. The summed E-state index contributed by atoms with van der Waals surface area (Å²) >= 11 is 0. The van der Waals surface area contributed by atoms with Crippen molar-refractivity contribution in [1.29, 1.82) is 0 Å². The summed E-state index contributed by atoms with van der Waals surface area (Å²) < 4.78 is 6.01. The predicted octanol–water partition coefficient (Wildman–Crippen LogP) is 5.95. The minimum Gasteiger partial charge on any atom is -0.485 e.